The first-order valence-corrected chi connectivity index (χ1v) is 6.14. The number of rotatable bonds is 3. The first kappa shape index (κ1) is 13.1. The molecule has 3 nitrogen and oxygen atoms in total. The van der Waals surface area contributed by atoms with Crippen LogP contribution in [0.25, 0.3) is 10.9 Å². The van der Waals surface area contributed by atoms with Crippen molar-refractivity contribution in [2.24, 2.45) is 11.8 Å². The molecule has 2 rings (SSSR count). The van der Waals surface area contributed by atoms with Gasteiger partial charge >= 0.3 is 0 Å². The number of benzene rings is 1. The topological polar surface area (TPSA) is 50.9 Å². The summed E-state index contributed by atoms with van der Waals surface area (Å²) in [4.78, 5) is 4.34. The molecule has 96 valence electrons. The van der Waals surface area contributed by atoms with Crippen LogP contribution in [0.4, 0.5) is 10.1 Å². The van der Waals surface area contributed by atoms with Gasteiger partial charge in [-0.25, -0.2) is 9.37 Å². The third-order valence-electron chi connectivity index (χ3n) is 2.66. The zero-order valence-corrected chi connectivity index (χ0v) is 11.1. The molecule has 0 saturated carbocycles. The van der Waals surface area contributed by atoms with Gasteiger partial charge in [-0.3, -0.25) is 5.84 Å². The minimum atomic E-state index is -0.431. The summed E-state index contributed by atoms with van der Waals surface area (Å²) in [6.45, 7) is 4.17. The zero-order chi connectivity index (χ0) is 13.3. The van der Waals surface area contributed by atoms with Crippen LogP contribution >= 0.6 is 11.6 Å². The molecular weight excluding hydrogens is 253 g/mol. The number of nitrogens with one attached hydrogen (secondary N) is 1. The van der Waals surface area contributed by atoms with Gasteiger partial charge in [-0.05, 0) is 30.5 Å². The summed E-state index contributed by atoms with van der Waals surface area (Å²) >= 11 is 5.84. The van der Waals surface area contributed by atoms with E-state index in [1.165, 1.54) is 6.07 Å². The van der Waals surface area contributed by atoms with Gasteiger partial charge in [-0.2, -0.15) is 0 Å². The van der Waals surface area contributed by atoms with Crippen molar-refractivity contribution in [1.82, 2.24) is 4.98 Å². The van der Waals surface area contributed by atoms with E-state index in [9.17, 15) is 4.39 Å². The Labute approximate surface area is 110 Å². The van der Waals surface area contributed by atoms with Gasteiger partial charge in [-0.1, -0.05) is 25.4 Å². The van der Waals surface area contributed by atoms with Crippen molar-refractivity contribution in [3.63, 3.8) is 0 Å². The molecule has 0 aliphatic heterocycles. The third kappa shape index (κ3) is 2.54. The molecule has 2 aromatic rings. The molecule has 18 heavy (non-hydrogen) atoms. The number of hydrogen-bond acceptors (Lipinski definition) is 3. The van der Waals surface area contributed by atoms with Crippen LogP contribution in [0.5, 0.6) is 0 Å². The van der Waals surface area contributed by atoms with Crippen molar-refractivity contribution < 1.29 is 4.39 Å². The van der Waals surface area contributed by atoms with Crippen LogP contribution in [-0.4, -0.2) is 4.98 Å². The van der Waals surface area contributed by atoms with Gasteiger partial charge in [0.2, 0.25) is 0 Å². The van der Waals surface area contributed by atoms with Crippen LogP contribution in [0.1, 0.15) is 19.5 Å². The average Bonchev–Trinajstić information content (AvgIpc) is 2.28. The van der Waals surface area contributed by atoms with Crippen molar-refractivity contribution in [1.29, 1.82) is 0 Å². The predicted octanol–water partition coefficient (Wildman–Crippen LogP) is 3.51. The Morgan fingerprint density at radius 1 is 1.39 bits per heavy atom. The van der Waals surface area contributed by atoms with Crippen molar-refractivity contribution in [3.05, 3.63) is 34.7 Å². The van der Waals surface area contributed by atoms with Crippen molar-refractivity contribution in [3.8, 4) is 0 Å². The van der Waals surface area contributed by atoms with Gasteiger partial charge in [0.1, 0.15) is 5.52 Å². The molecule has 0 radical (unpaired) electrons. The molecule has 0 amide bonds. The second kappa shape index (κ2) is 5.08. The number of nitrogens with zero attached hydrogens (tertiary/aromatic N) is 1. The van der Waals surface area contributed by atoms with Crippen LogP contribution in [0.3, 0.4) is 0 Å². The van der Waals surface area contributed by atoms with E-state index < -0.39 is 5.82 Å². The van der Waals surface area contributed by atoms with Crippen LogP contribution in [0.2, 0.25) is 5.02 Å². The Bertz CT molecular complexity index is 584. The highest BCUT2D eigenvalue weighted by Gasteiger charge is 2.11. The number of nitrogens with two attached hydrogens (primary N) is 1. The fourth-order valence-electron chi connectivity index (χ4n) is 1.95. The summed E-state index contributed by atoms with van der Waals surface area (Å²) in [5, 5.41) is 0.921. The van der Waals surface area contributed by atoms with Crippen LogP contribution in [-0.2, 0) is 6.42 Å². The number of fused-ring (bicyclic) bond motifs is 1. The number of aromatic nitrogens is 1. The minimum Gasteiger partial charge on any atom is -0.323 e. The Kier molecular flexibility index (Phi) is 3.68. The van der Waals surface area contributed by atoms with Gasteiger partial charge in [0.15, 0.2) is 5.82 Å². The summed E-state index contributed by atoms with van der Waals surface area (Å²) in [6.07, 6.45) is 0.771. The maximum Gasteiger partial charge on any atom is 0.150 e. The molecule has 0 fully saturated rings. The first-order chi connectivity index (χ1) is 8.51. The molecule has 0 saturated heterocycles. The van der Waals surface area contributed by atoms with Crippen LogP contribution in [0.15, 0.2) is 18.2 Å². The lowest BCUT2D eigenvalue weighted by Gasteiger charge is -2.11. The maximum absolute atomic E-state index is 13.9. The van der Waals surface area contributed by atoms with E-state index in [2.05, 4.69) is 24.3 Å². The molecule has 5 heteroatoms. The molecule has 0 aliphatic carbocycles. The van der Waals surface area contributed by atoms with Crippen LogP contribution in [0, 0.1) is 11.7 Å². The Morgan fingerprint density at radius 3 is 2.72 bits per heavy atom. The lowest BCUT2D eigenvalue weighted by molar-refractivity contribution is 0.625. The Hall–Kier alpha value is -1.39. The number of anilines is 1. The second-order valence-electron chi connectivity index (χ2n) is 4.69. The van der Waals surface area contributed by atoms with Crippen molar-refractivity contribution in [2.45, 2.75) is 20.3 Å². The molecule has 3 N–H and O–H groups in total. The molecule has 0 spiro atoms. The van der Waals surface area contributed by atoms with E-state index in [1.54, 1.807) is 6.07 Å². The van der Waals surface area contributed by atoms with Crippen molar-refractivity contribution in [2.75, 3.05) is 5.43 Å². The normalized spacial score (nSPS) is 11.2. The highest BCUT2D eigenvalue weighted by atomic mass is 35.5. The summed E-state index contributed by atoms with van der Waals surface area (Å²) < 4.78 is 13.9. The predicted molar refractivity (Wildman–Crippen MR) is 73.1 cm³/mol. The summed E-state index contributed by atoms with van der Waals surface area (Å²) in [5.41, 5.74) is 4.32. The fraction of sp³-hybridized carbons (Fsp3) is 0.308. The number of pyridine rings is 1. The van der Waals surface area contributed by atoms with Gasteiger partial charge in [0.05, 0.1) is 5.69 Å². The van der Waals surface area contributed by atoms with Gasteiger partial charge < -0.3 is 5.43 Å². The Balaban J connectivity index is 2.67. The summed E-state index contributed by atoms with van der Waals surface area (Å²) in [6, 6.07) is 4.75. The molecule has 0 bridgehead atoms. The lowest BCUT2D eigenvalue weighted by atomic mass is 10.1. The number of hydrogen-bond donors (Lipinski definition) is 2. The van der Waals surface area contributed by atoms with Gasteiger partial charge in [0, 0.05) is 16.1 Å². The smallest absolute Gasteiger partial charge is 0.150 e. The van der Waals surface area contributed by atoms with E-state index in [0.29, 0.717) is 27.5 Å². The molecule has 0 aliphatic rings. The summed E-state index contributed by atoms with van der Waals surface area (Å²) in [5.74, 6) is 5.48. The first-order valence-electron chi connectivity index (χ1n) is 5.76. The number of nitrogen functional groups attached to an aromatic ring is 1. The Morgan fingerprint density at radius 2 is 2.11 bits per heavy atom. The molecule has 0 unspecified atom stereocenters. The SMILES string of the molecule is CC(C)Cc1cc(NN)c2cc(Cl)cc(F)c2n1. The van der Waals surface area contributed by atoms with Crippen molar-refractivity contribution >= 4 is 28.2 Å². The zero-order valence-electron chi connectivity index (χ0n) is 10.3. The molecule has 1 heterocycles. The molecule has 0 atom stereocenters. The average molecular weight is 268 g/mol. The molecule has 1 aromatic heterocycles. The van der Waals surface area contributed by atoms with E-state index in [-0.39, 0.29) is 0 Å². The number of hydrazine groups is 1. The maximum atomic E-state index is 13.9. The highest BCUT2D eigenvalue weighted by molar-refractivity contribution is 6.31. The van der Waals surface area contributed by atoms with E-state index in [0.717, 1.165) is 12.1 Å². The van der Waals surface area contributed by atoms with E-state index >= 15 is 0 Å². The summed E-state index contributed by atoms with van der Waals surface area (Å²) in [7, 11) is 0. The lowest BCUT2D eigenvalue weighted by Crippen LogP contribution is -2.09. The minimum absolute atomic E-state index is 0.297. The molecular formula is C13H15ClFN3. The quantitative estimate of drug-likeness (QED) is 0.661. The van der Waals surface area contributed by atoms with Gasteiger partial charge in [0.25, 0.3) is 0 Å². The number of halogens is 2. The second-order valence-corrected chi connectivity index (χ2v) is 5.12. The van der Waals surface area contributed by atoms with Gasteiger partial charge in [-0.15, -0.1) is 0 Å². The fourth-order valence-corrected chi connectivity index (χ4v) is 2.15. The standard InChI is InChI=1S/C13H15ClFN3/c1-7(2)3-9-6-12(18-16)10-4-8(14)5-11(15)13(10)17-9/h4-7H,3,16H2,1-2H3,(H,17,18). The van der Waals surface area contributed by atoms with E-state index in [1.807, 2.05) is 6.07 Å². The largest absolute Gasteiger partial charge is 0.323 e. The van der Waals surface area contributed by atoms with E-state index in [4.69, 9.17) is 17.4 Å². The monoisotopic (exact) mass is 267 g/mol. The van der Waals surface area contributed by atoms with Crippen LogP contribution < -0.4 is 11.3 Å². The third-order valence-corrected chi connectivity index (χ3v) is 2.88. The highest BCUT2D eigenvalue weighted by Crippen LogP contribution is 2.28. The molecule has 1 aromatic carbocycles.